The molecule has 0 aromatic carbocycles. The highest BCUT2D eigenvalue weighted by Crippen LogP contribution is 2.11. The second kappa shape index (κ2) is 5.88. The average Bonchev–Trinajstić information content (AvgIpc) is 2.11. The Bertz CT molecular complexity index is 199. The molecule has 0 aliphatic heterocycles. The van der Waals surface area contributed by atoms with E-state index in [1.807, 2.05) is 13.0 Å². The molecule has 0 aliphatic rings. The zero-order valence-corrected chi connectivity index (χ0v) is 8.72. The summed E-state index contributed by atoms with van der Waals surface area (Å²) in [4.78, 5) is 0. The molecule has 0 amide bonds. The Labute approximate surface area is 77.1 Å². The van der Waals surface area contributed by atoms with Gasteiger partial charge in [-0.2, -0.15) is 0 Å². The van der Waals surface area contributed by atoms with Crippen LogP contribution < -0.4 is 0 Å². The van der Waals surface area contributed by atoms with Crippen LogP contribution in [0.5, 0.6) is 0 Å². The van der Waals surface area contributed by atoms with Crippen LogP contribution in [0.4, 0.5) is 0 Å². The van der Waals surface area contributed by atoms with E-state index in [0.29, 0.717) is 6.71 Å². The Kier molecular flexibility index (Phi) is 5.52. The first-order valence-electron chi connectivity index (χ1n) is 4.60. The lowest BCUT2D eigenvalue weighted by Crippen LogP contribution is -2.12. The lowest BCUT2D eigenvalue weighted by atomic mass is 9.41. The molecule has 12 heavy (non-hydrogen) atoms. The van der Waals surface area contributed by atoms with Crippen molar-refractivity contribution in [2.45, 2.75) is 34.0 Å². The molecular formula is C11H19B. The maximum Gasteiger partial charge on any atom is 0.195 e. The van der Waals surface area contributed by atoms with Crippen molar-refractivity contribution in [3.8, 4) is 0 Å². The summed E-state index contributed by atoms with van der Waals surface area (Å²) in [7, 11) is 0. The third-order valence-corrected chi connectivity index (χ3v) is 2.30. The lowest BCUT2D eigenvalue weighted by molar-refractivity contribution is 1.19. The lowest BCUT2D eigenvalue weighted by Gasteiger charge is -2.09. The van der Waals surface area contributed by atoms with Gasteiger partial charge in [0.1, 0.15) is 0 Å². The average molecular weight is 162 g/mol. The van der Waals surface area contributed by atoms with Gasteiger partial charge in [0.15, 0.2) is 6.71 Å². The molecule has 66 valence electrons. The summed E-state index contributed by atoms with van der Waals surface area (Å²) in [5.74, 6) is 0. The van der Waals surface area contributed by atoms with Gasteiger partial charge in [0.05, 0.1) is 0 Å². The highest BCUT2D eigenvalue weighted by Gasteiger charge is 2.10. The van der Waals surface area contributed by atoms with Crippen LogP contribution in [0.2, 0.25) is 6.82 Å². The van der Waals surface area contributed by atoms with Gasteiger partial charge in [-0.1, -0.05) is 44.4 Å². The van der Waals surface area contributed by atoms with Crippen LogP contribution in [0.15, 0.2) is 35.8 Å². The van der Waals surface area contributed by atoms with Crippen LogP contribution in [0, 0.1) is 0 Å². The van der Waals surface area contributed by atoms with Crippen molar-refractivity contribution in [3.05, 3.63) is 35.8 Å². The fourth-order valence-corrected chi connectivity index (χ4v) is 1.02. The summed E-state index contributed by atoms with van der Waals surface area (Å²) in [5.41, 5.74) is 2.70. The van der Waals surface area contributed by atoms with Gasteiger partial charge in [-0.05, 0) is 13.3 Å². The normalized spacial score (nSPS) is 12.2. The Morgan fingerprint density at radius 3 is 2.50 bits per heavy atom. The summed E-state index contributed by atoms with van der Waals surface area (Å²) < 4.78 is 0. The Morgan fingerprint density at radius 1 is 1.50 bits per heavy atom. The summed E-state index contributed by atoms with van der Waals surface area (Å²) in [6.45, 7) is 13.1. The van der Waals surface area contributed by atoms with Gasteiger partial charge in [0.2, 0.25) is 0 Å². The molecule has 0 saturated heterocycles. The van der Waals surface area contributed by atoms with Crippen LogP contribution in [0.25, 0.3) is 0 Å². The highest BCUT2D eigenvalue weighted by molar-refractivity contribution is 6.72. The van der Waals surface area contributed by atoms with Crippen LogP contribution in [0.1, 0.15) is 27.2 Å². The smallest absolute Gasteiger partial charge is 0.108 e. The fourth-order valence-electron chi connectivity index (χ4n) is 1.02. The Hall–Kier alpha value is -0.715. The van der Waals surface area contributed by atoms with Gasteiger partial charge in [-0.3, -0.25) is 0 Å². The summed E-state index contributed by atoms with van der Waals surface area (Å²) in [6, 6.07) is 0. The van der Waals surface area contributed by atoms with Gasteiger partial charge in [-0.15, -0.1) is 12.1 Å². The Morgan fingerprint density at radius 2 is 2.08 bits per heavy atom. The van der Waals surface area contributed by atoms with Crippen LogP contribution >= 0.6 is 0 Å². The van der Waals surface area contributed by atoms with Crippen molar-refractivity contribution in [2.24, 2.45) is 0 Å². The van der Waals surface area contributed by atoms with Gasteiger partial charge in [-0.25, -0.2) is 0 Å². The summed E-state index contributed by atoms with van der Waals surface area (Å²) in [5, 5.41) is 0. The third-order valence-electron chi connectivity index (χ3n) is 2.30. The fraction of sp³-hybridized carbons (Fsp3) is 0.455. The standard InChI is InChI=1S/C11H19B/c1-6-8-9-11(4)12(5)10(3)7-2/h6,8-9H,3,7H2,1-2,4-5H3/b8-6-,11-9+. The molecular weight excluding hydrogens is 143 g/mol. The quantitative estimate of drug-likeness (QED) is 0.437. The van der Waals surface area contributed by atoms with Crippen molar-refractivity contribution in [3.63, 3.8) is 0 Å². The van der Waals surface area contributed by atoms with E-state index in [1.165, 1.54) is 10.9 Å². The molecule has 0 N–H and O–H groups in total. The summed E-state index contributed by atoms with van der Waals surface area (Å²) in [6.07, 6.45) is 7.35. The first-order chi connectivity index (χ1) is 5.63. The van der Waals surface area contributed by atoms with Crippen LogP contribution in [-0.2, 0) is 0 Å². The molecule has 0 nitrogen and oxygen atoms in total. The molecule has 0 aromatic rings. The molecule has 0 saturated carbocycles. The van der Waals surface area contributed by atoms with E-state index in [-0.39, 0.29) is 0 Å². The van der Waals surface area contributed by atoms with Crippen molar-refractivity contribution in [1.82, 2.24) is 0 Å². The maximum atomic E-state index is 4.04. The van der Waals surface area contributed by atoms with E-state index in [4.69, 9.17) is 0 Å². The molecule has 0 radical (unpaired) electrons. The van der Waals surface area contributed by atoms with E-state index in [1.54, 1.807) is 0 Å². The zero-order chi connectivity index (χ0) is 9.56. The second-order valence-corrected chi connectivity index (χ2v) is 3.17. The third kappa shape index (κ3) is 3.61. The monoisotopic (exact) mass is 162 g/mol. The second-order valence-electron chi connectivity index (χ2n) is 3.17. The molecule has 0 spiro atoms. The van der Waals surface area contributed by atoms with E-state index < -0.39 is 0 Å². The van der Waals surface area contributed by atoms with Gasteiger partial charge >= 0.3 is 0 Å². The molecule has 0 fully saturated rings. The van der Waals surface area contributed by atoms with Gasteiger partial charge in [0.25, 0.3) is 0 Å². The van der Waals surface area contributed by atoms with Crippen LogP contribution in [0.3, 0.4) is 0 Å². The van der Waals surface area contributed by atoms with E-state index in [0.717, 1.165) is 6.42 Å². The summed E-state index contributed by atoms with van der Waals surface area (Å²) >= 11 is 0. The SMILES string of the molecule is C=C(CC)B(C)/C(C)=C/C=C\C. The van der Waals surface area contributed by atoms with E-state index >= 15 is 0 Å². The van der Waals surface area contributed by atoms with Crippen molar-refractivity contribution in [1.29, 1.82) is 0 Å². The minimum atomic E-state index is 0.520. The molecule has 0 aliphatic carbocycles. The predicted octanol–water partition coefficient (Wildman–Crippen LogP) is 3.68. The van der Waals surface area contributed by atoms with Crippen molar-refractivity contribution < 1.29 is 0 Å². The highest BCUT2D eigenvalue weighted by atomic mass is 13.8. The number of hydrogen-bond donors (Lipinski definition) is 0. The van der Waals surface area contributed by atoms with Crippen molar-refractivity contribution in [2.75, 3.05) is 0 Å². The predicted molar refractivity (Wildman–Crippen MR) is 59.6 cm³/mol. The number of rotatable bonds is 4. The largest absolute Gasteiger partial charge is 0.195 e. The molecule has 0 rings (SSSR count). The molecule has 0 aromatic heterocycles. The first kappa shape index (κ1) is 11.3. The number of allylic oxidation sites excluding steroid dienone is 5. The molecule has 0 heterocycles. The van der Waals surface area contributed by atoms with Crippen molar-refractivity contribution >= 4 is 6.71 Å². The minimum Gasteiger partial charge on any atom is -0.108 e. The van der Waals surface area contributed by atoms with Gasteiger partial charge in [0, 0.05) is 0 Å². The molecule has 1 heteroatoms. The maximum absolute atomic E-state index is 4.04. The molecule has 0 bridgehead atoms. The van der Waals surface area contributed by atoms with E-state index in [2.05, 4.69) is 39.4 Å². The zero-order valence-electron chi connectivity index (χ0n) is 8.72. The van der Waals surface area contributed by atoms with Gasteiger partial charge < -0.3 is 0 Å². The first-order valence-corrected chi connectivity index (χ1v) is 4.60. The van der Waals surface area contributed by atoms with E-state index in [9.17, 15) is 0 Å². The minimum absolute atomic E-state index is 0.520. The molecule has 0 atom stereocenters. The molecule has 0 unspecified atom stereocenters. The van der Waals surface area contributed by atoms with Crippen LogP contribution in [-0.4, -0.2) is 6.71 Å². The topological polar surface area (TPSA) is 0 Å². The Balaban J connectivity index is 4.27. The number of hydrogen-bond acceptors (Lipinski definition) is 0.